The highest BCUT2D eigenvalue weighted by molar-refractivity contribution is 6.30. The van der Waals surface area contributed by atoms with Crippen molar-refractivity contribution in [2.75, 3.05) is 13.2 Å². The molecule has 0 saturated heterocycles. The van der Waals surface area contributed by atoms with Crippen LogP contribution in [0.4, 0.5) is 0 Å². The fourth-order valence-electron chi connectivity index (χ4n) is 2.10. The summed E-state index contributed by atoms with van der Waals surface area (Å²) in [6.45, 7) is 4.82. The van der Waals surface area contributed by atoms with Gasteiger partial charge in [0.05, 0.1) is 18.7 Å². The van der Waals surface area contributed by atoms with Gasteiger partial charge in [-0.25, -0.2) is 0 Å². The standard InChI is InChI=1S/C16H19ClN2O3/c1-3-21-15-5-4-13(17)9-12(15)6-7-18-16(20)10-14-8-11(2)22-19-14/h4-5,8-9H,3,6-7,10H2,1-2H3,(H,18,20). The Balaban J connectivity index is 1.85. The van der Waals surface area contributed by atoms with Gasteiger partial charge in [-0.15, -0.1) is 0 Å². The lowest BCUT2D eigenvalue weighted by Gasteiger charge is -2.11. The Labute approximate surface area is 134 Å². The average Bonchev–Trinajstić information content (AvgIpc) is 2.87. The molecule has 1 heterocycles. The van der Waals surface area contributed by atoms with Crippen molar-refractivity contribution >= 4 is 17.5 Å². The molecule has 0 aliphatic carbocycles. The molecular weight excluding hydrogens is 304 g/mol. The van der Waals surface area contributed by atoms with Crippen LogP contribution in [0.3, 0.4) is 0 Å². The molecule has 0 bridgehead atoms. The number of rotatable bonds is 7. The van der Waals surface area contributed by atoms with Gasteiger partial charge in [-0.05, 0) is 44.0 Å². The van der Waals surface area contributed by atoms with E-state index in [4.69, 9.17) is 20.9 Å². The van der Waals surface area contributed by atoms with E-state index < -0.39 is 0 Å². The Morgan fingerprint density at radius 3 is 2.91 bits per heavy atom. The summed E-state index contributed by atoms with van der Waals surface area (Å²) < 4.78 is 10.5. The van der Waals surface area contributed by atoms with Crippen molar-refractivity contribution in [3.63, 3.8) is 0 Å². The summed E-state index contributed by atoms with van der Waals surface area (Å²) >= 11 is 6.01. The zero-order valence-corrected chi connectivity index (χ0v) is 13.4. The van der Waals surface area contributed by atoms with Crippen LogP contribution in [0, 0.1) is 6.92 Å². The van der Waals surface area contributed by atoms with Crippen molar-refractivity contribution in [2.24, 2.45) is 0 Å². The molecular formula is C16H19ClN2O3. The van der Waals surface area contributed by atoms with Gasteiger partial charge in [0.1, 0.15) is 11.5 Å². The maximum absolute atomic E-state index is 11.8. The summed E-state index contributed by atoms with van der Waals surface area (Å²) in [5.41, 5.74) is 1.61. The van der Waals surface area contributed by atoms with Crippen molar-refractivity contribution < 1.29 is 14.1 Å². The van der Waals surface area contributed by atoms with Crippen molar-refractivity contribution in [1.29, 1.82) is 0 Å². The highest BCUT2D eigenvalue weighted by Gasteiger charge is 2.09. The van der Waals surface area contributed by atoms with Crippen LogP contribution in [-0.2, 0) is 17.6 Å². The third-order valence-electron chi connectivity index (χ3n) is 3.06. The monoisotopic (exact) mass is 322 g/mol. The van der Waals surface area contributed by atoms with Crippen LogP contribution in [0.15, 0.2) is 28.8 Å². The molecule has 0 aliphatic heterocycles. The van der Waals surface area contributed by atoms with Crippen molar-refractivity contribution in [2.45, 2.75) is 26.7 Å². The first-order chi connectivity index (χ1) is 10.6. The predicted octanol–water partition coefficient (Wildman–Crippen LogP) is 2.94. The molecule has 1 amide bonds. The number of hydrogen-bond donors (Lipinski definition) is 1. The summed E-state index contributed by atoms with van der Waals surface area (Å²) in [5.74, 6) is 1.41. The lowest BCUT2D eigenvalue weighted by atomic mass is 10.1. The van der Waals surface area contributed by atoms with Gasteiger partial charge in [0.2, 0.25) is 5.91 Å². The van der Waals surface area contributed by atoms with Crippen LogP contribution in [0.1, 0.15) is 23.9 Å². The first-order valence-corrected chi connectivity index (χ1v) is 7.56. The lowest BCUT2D eigenvalue weighted by Crippen LogP contribution is -2.27. The topological polar surface area (TPSA) is 64.4 Å². The van der Waals surface area contributed by atoms with Crippen molar-refractivity contribution in [1.82, 2.24) is 10.5 Å². The number of ether oxygens (including phenoxy) is 1. The Hall–Kier alpha value is -2.01. The van der Waals surface area contributed by atoms with E-state index in [9.17, 15) is 4.79 Å². The zero-order chi connectivity index (χ0) is 15.9. The van der Waals surface area contributed by atoms with E-state index in [-0.39, 0.29) is 12.3 Å². The molecule has 0 spiro atoms. The van der Waals surface area contributed by atoms with Gasteiger partial charge < -0.3 is 14.6 Å². The molecule has 0 fully saturated rings. The van der Waals surface area contributed by atoms with Gasteiger partial charge in [0.15, 0.2) is 0 Å². The number of aryl methyl sites for hydroxylation is 1. The maximum Gasteiger partial charge on any atom is 0.226 e. The number of amides is 1. The van der Waals surface area contributed by atoms with Crippen molar-refractivity contribution in [3.05, 3.63) is 46.3 Å². The second-order valence-corrected chi connectivity index (χ2v) is 5.33. The second kappa shape index (κ2) is 7.84. The number of halogens is 1. The Kier molecular flexibility index (Phi) is 5.83. The number of hydrogen-bond acceptors (Lipinski definition) is 4. The van der Waals surface area contributed by atoms with E-state index in [1.807, 2.05) is 19.1 Å². The van der Waals surface area contributed by atoms with Gasteiger partial charge >= 0.3 is 0 Å². The molecule has 22 heavy (non-hydrogen) atoms. The number of nitrogens with one attached hydrogen (secondary N) is 1. The summed E-state index contributed by atoms with van der Waals surface area (Å²) in [4.78, 5) is 11.8. The molecule has 0 saturated carbocycles. The van der Waals surface area contributed by atoms with Gasteiger partial charge in [-0.3, -0.25) is 4.79 Å². The minimum Gasteiger partial charge on any atom is -0.494 e. The fraction of sp³-hybridized carbons (Fsp3) is 0.375. The van der Waals surface area contributed by atoms with Gasteiger partial charge in [-0.1, -0.05) is 16.8 Å². The van der Waals surface area contributed by atoms with E-state index in [1.54, 1.807) is 19.1 Å². The largest absolute Gasteiger partial charge is 0.494 e. The number of carbonyl (C=O) groups is 1. The van der Waals surface area contributed by atoms with E-state index in [0.717, 1.165) is 11.3 Å². The highest BCUT2D eigenvalue weighted by Crippen LogP contribution is 2.23. The first kappa shape index (κ1) is 16.4. The Morgan fingerprint density at radius 1 is 1.41 bits per heavy atom. The Morgan fingerprint density at radius 2 is 2.23 bits per heavy atom. The minimum atomic E-state index is -0.0895. The summed E-state index contributed by atoms with van der Waals surface area (Å²) in [6.07, 6.45) is 0.866. The van der Waals surface area contributed by atoms with Crippen LogP contribution >= 0.6 is 11.6 Å². The molecule has 2 aromatic rings. The van der Waals surface area contributed by atoms with Crippen LogP contribution in [0.25, 0.3) is 0 Å². The number of nitrogens with zero attached hydrogens (tertiary/aromatic N) is 1. The summed E-state index contributed by atoms with van der Waals surface area (Å²) in [7, 11) is 0. The molecule has 0 unspecified atom stereocenters. The molecule has 6 heteroatoms. The number of carbonyl (C=O) groups excluding carboxylic acids is 1. The molecule has 1 aromatic carbocycles. The normalized spacial score (nSPS) is 10.5. The predicted molar refractivity (Wildman–Crippen MR) is 84.3 cm³/mol. The minimum absolute atomic E-state index is 0.0895. The van der Waals surface area contributed by atoms with Crippen LogP contribution < -0.4 is 10.1 Å². The molecule has 0 aliphatic rings. The van der Waals surface area contributed by atoms with E-state index >= 15 is 0 Å². The van der Waals surface area contributed by atoms with E-state index in [2.05, 4.69) is 10.5 Å². The van der Waals surface area contributed by atoms with Crippen LogP contribution in [-0.4, -0.2) is 24.2 Å². The van der Waals surface area contributed by atoms with Crippen LogP contribution in [0.2, 0.25) is 5.02 Å². The molecule has 5 nitrogen and oxygen atoms in total. The molecule has 118 valence electrons. The third kappa shape index (κ3) is 4.77. The third-order valence-corrected chi connectivity index (χ3v) is 3.29. The van der Waals surface area contributed by atoms with Gasteiger partial charge in [0, 0.05) is 17.6 Å². The first-order valence-electron chi connectivity index (χ1n) is 7.18. The molecule has 0 atom stereocenters. The molecule has 1 N–H and O–H groups in total. The van der Waals surface area contributed by atoms with Gasteiger partial charge in [-0.2, -0.15) is 0 Å². The number of aromatic nitrogens is 1. The lowest BCUT2D eigenvalue weighted by molar-refractivity contribution is -0.120. The van der Waals surface area contributed by atoms with Crippen molar-refractivity contribution in [3.8, 4) is 5.75 Å². The van der Waals surface area contributed by atoms with Gasteiger partial charge in [0.25, 0.3) is 0 Å². The maximum atomic E-state index is 11.8. The smallest absolute Gasteiger partial charge is 0.226 e. The zero-order valence-electron chi connectivity index (χ0n) is 12.7. The van der Waals surface area contributed by atoms with E-state index in [1.165, 1.54) is 0 Å². The summed E-state index contributed by atoms with van der Waals surface area (Å²) in [5, 5.41) is 7.31. The molecule has 1 aromatic heterocycles. The van der Waals surface area contributed by atoms with Crippen LogP contribution in [0.5, 0.6) is 5.75 Å². The average molecular weight is 323 g/mol. The fourth-order valence-corrected chi connectivity index (χ4v) is 2.30. The number of benzene rings is 1. The molecule has 2 rings (SSSR count). The van der Waals surface area contributed by atoms with E-state index in [0.29, 0.717) is 36.0 Å². The highest BCUT2D eigenvalue weighted by atomic mass is 35.5. The summed E-state index contributed by atoms with van der Waals surface area (Å²) in [6, 6.07) is 7.26. The second-order valence-electron chi connectivity index (χ2n) is 4.89. The quantitative estimate of drug-likeness (QED) is 0.851. The SMILES string of the molecule is CCOc1ccc(Cl)cc1CCNC(=O)Cc1cc(C)on1. The Bertz CT molecular complexity index is 640. The molecule has 0 radical (unpaired) electrons.